The molecule has 0 aliphatic rings. The third-order valence-electron chi connectivity index (χ3n) is 3.34. The normalized spacial score (nSPS) is 10.3. The van der Waals surface area contributed by atoms with Crippen LogP contribution in [0.25, 0.3) is 16.9 Å². The summed E-state index contributed by atoms with van der Waals surface area (Å²) in [6.07, 6.45) is 2.59. The Kier molecular flexibility index (Phi) is 3.90. The minimum Gasteiger partial charge on any atom is -0.493 e. The molecule has 2 aromatic heterocycles. The second-order valence-electron chi connectivity index (χ2n) is 4.81. The van der Waals surface area contributed by atoms with Crippen LogP contribution in [0.5, 0.6) is 5.88 Å². The molecule has 0 saturated carbocycles. The minimum absolute atomic E-state index is 0.0285. The Bertz CT molecular complexity index is 974. The van der Waals surface area contributed by atoms with E-state index in [0.717, 1.165) is 4.68 Å². The van der Waals surface area contributed by atoms with Crippen molar-refractivity contribution >= 4 is 17.6 Å². The summed E-state index contributed by atoms with van der Waals surface area (Å²) < 4.78 is 1.16. The van der Waals surface area contributed by atoms with Crippen molar-refractivity contribution in [2.75, 3.05) is 0 Å². The lowest BCUT2D eigenvalue weighted by molar-refractivity contribution is 0.0696. The van der Waals surface area contributed by atoms with Gasteiger partial charge in [-0.1, -0.05) is 17.7 Å². The van der Waals surface area contributed by atoms with E-state index in [0.29, 0.717) is 21.7 Å². The standard InChI is InChI=1S/C16H9ClN4O3/c17-13-5-9(6-18)1-3-11(13)12-8-20-21(15(12)22)14-4-2-10(7-19-14)16(23)24/h1-5,7-8,22H,(H,23,24). The molecule has 0 amide bonds. The predicted molar refractivity (Wildman–Crippen MR) is 85.1 cm³/mol. The smallest absolute Gasteiger partial charge is 0.337 e. The lowest BCUT2D eigenvalue weighted by atomic mass is 10.1. The topological polar surface area (TPSA) is 112 Å². The van der Waals surface area contributed by atoms with Gasteiger partial charge in [0.25, 0.3) is 0 Å². The number of carboxylic acids is 1. The molecule has 0 aliphatic heterocycles. The first-order valence-corrected chi connectivity index (χ1v) is 7.06. The molecule has 7 nitrogen and oxygen atoms in total. The number of carboxylic acid groups (broad SMARTS) is 1. The van der Waals surface area contributed by atoms with Crippen LogP contribution in [0.2, 0.25) is 5.02 Å². The molecule has 3 rings (SSSR count). The van der Waals surface area contributed by atoms with E-state index in [4.69, 9.17) is 22.0 Å². The van der Waals surface area contributed by atoms with E-state index < -0.39 is 5.97 Å². The number of aromatic carboxylic acids is 1. The van der Waals surface area contributed by atoms with Gasteiger partial charge in [0, 0.05) is 16.8 Å². The first kappa shape index (κ1) is 15.5. The van der Waals surface area contributed by atoms with Crippen molar-refractivity contribution in [2.24, 2.45) is 0 Å². The molecule has 24 heavy (non-hydrogen) atoms. The van der Waals surface area contributed by atoms with Gasteiger partial charge in [0.2, 0.25) is 5.88 Å². The second-order valence-corrected chi connectivity index (χ2v) is 5.22. The van der Waals surface area contributed by atoms with Gasteiger partial charge in [-0.25, -0.2) is 9.78 Å². The molecule has 0 fully saturated rings. The molecule has 0 saturated heterocycles. The van der Waals surface area contributed by atoms with E-state index in [1.165, 1.54) is 30.6 Å². The summed E-state index contributed by atoms with van der Waals surface area (Å²) in [5.41, 5.74) is 1.32. The van der Waals surface area contributed by atoms with E-state index in [1.54, 1.807) is 12.1 Å². The summed E-state index contributed by atoms with van der Waals surface area (Å²) in [5, 5.41) is 32.5. The number of nitrogens with zero attached hydrogens (tertiary/aromatic N) is 4. The van der Waals surface area contributed by atoms with Crippen LogP contribution in [0.15, 0.2) is 42.7 Å². The highest BCUT2D eigenvalue weighted by Crippen LogP contribution is 2.35. The molecule has 0 aliphatic carbocycles. The molecular formula is C16H9ClN4O3. The zero-order valence-corrected chi connectivity index (χ0v) is 12.8. The average Bonchev–Trinajstić information content (AvgIpc) is 2.96. The van der Waals surface area contributed by atoms with E-state index in [-0.39, 0.29) is 17.3 Å². The van der Waals surface area contributed by atoms with Crippen LogP contribution in [0.4, 0.5) is 0 Å². The highest BCUT2D eigenvalue weighted by molar-refractivity contribution is 6.33. The molecule has 0 radical (unpaired) electrons. The average molecular weight is 341 g/mol. The van der Waals surface area contributed by atoms with Crippen molar-refractivity contribution < 1.29 is 15.0 Å². The lowest BCUT2D eigenvalue weighted by Crippen LogP contribution is -2.02. The number of pyridine rings is 1. The van der Waals surface area contributed by atoms with Crippen molar-refractivity contribution in [3.05, 3.63) is 58.9 Å². The van der Waals surface area contributed by atoms with Crippen LogP contribution >= 0.6 is 11.6 Å². The monoisotopic (exact) mass is 340 g/mol. The molecule has 0 unspecified atom stereocenters. The highest BCUT2D eigenvalue weighted by Gasteiger charge is 2.16. The number of carbonyl (C=O) groups is 1. The maximum atomic E-state index is 10.8. The number of aromatic nitrogens is 3. The van der Waals surface area contributed by atoms with E-state index in [9.17, 15) is 9.90 Å². The van der Waals surface area contributed by atoms with Gasteiger partial charge in [-0.2, -0.15) is 15.0 Å². The molecule has 3 aromatic rings. The van der Waals surface area contributed by atoms with Crippen LogP contribution in [0, 0.1) is 11.3 Å². The molecule has 0 atom stereocenters. The molecule has 2 N–H and O–H groups in total. The van der Waals surface area contributed by atoms with Crippen LogP contribution in [-0.2, 0) is 0 Å². The number of hydrogen-bond donors (Lipinski definition) is 2. The fourth-order valence-electron chi connectivity index (χ4n) is 2.14. The first-order valence-electron chi connectivity index (χ1n) is 6.68. The van der Waals surface area contributed by atoms with Gasteiger partial charge in [-0.05, 0) is 24.3 Å². The zero-order chi connectivity index (χ0) is 17.3. The third kappa shape index (κ3) is 2.66. The zero-order valence-electron chi connectivity index (χ0n) is 12.0. The van der Waals surface area contributed by atoms with E-state index in [2.05, 4.69) is 10.1 Å². The van der Waals surface area contributed by atoms with Gasteiger partial charge in [0.05, 0.1) is 29.0 Å². The van der Waals surface area contributed by atoms with Crippen molar-refractivity contribution in [3.8, 4) is 28.9 Å². The van der Waals surface area contributed by atoms with Crippen LogP contribution in [0.1, 0.15) is 15.9 Å². The van der Waals surface area contributed by atoms with Crippen LogP contribution < -0.4 is 0 Å². The first-order chi connectivity index (χ1) is 11.5. The molecule has 0 bridgehead atoms. The number of hydrogen-bond acceptors (Lipinski definition) is 5. The van der Waals surface area contributed by atoms with Gasteiger partial charge in [-0.3, -0.25) is 0 Å². The fourth-order valence-corrected chi connectivity index (χ4v) is 2.42. The van der Waals surface area contributed by atoms with Gasteiger partial charge in [0.15, 0.2) is 5.82 Å². The number of rotatable bonds is 3. The van der Waals surface area contributed by atoms with Crippen molar-refractivity contribution in [1.82, 2.24) is 14.8 Å². The Hall–Kier alpha value is -3.37. The van der Waals surface area contributed by atoms with Gasteiger partial charge in [-0.15, -0.1) is 0 Å². The van der Waals surface area contributed by atoms with Crippen LogP contribution in [0.3, 0.4) is 0 Å². The summed E-state index contributed by atoms with van der Waals surface area (Å²) in [7, 11) is 0. The van der Waals surface area contributed by atoms with Crippen LogP contribution in [-0.4, -0.2) is 30.9 Å². The maximum Gasteiger partial charge on any atom is 0.337 e. The van der Waals surface area contributed by atoms with Gasteiger partial charge >= 0.3 is 5.97 Å². The molecular weight excluding hydrogens is 332 g/mol. The maximum absolute atomic E-state index is 10.8. The summed E-state index contributed by atoms with van der Waals surface area (Å²) in [6, 6.07) is 9.46. The Morgan fingerprint density at radius 3 is 2.58 bits per heavy atom. The van der Waals surface area contributed by atoms with Crippen molar-refractivity contribution in [3.63, 3.8) is 0 Å². The largest absolute Gasteiger partial charge is 0.493 e. The van der Waals surface area contributed by atoms with Gasteiger partial charge in [0.1, 0.15) is 0 Å². The molecule has 8 heteroatoms. The number of benzene rings is 1. The molecule has 1 aromatic carbocycles. The molecule has 0 spiro atoms. The Labute approximate surface area is 141 Å². The number of nitriles is 1. The minimum atomic E-state index is -1.09. The molecule has 2 heterocycles. The Balaban J connectivity index is 2.03. The number of halogens is 1. The highest BCUT2D eigenvalue weighted by atomic mass is 35.5. The summed E-state index contributed by atoms with van der Waals surface area (Å²) in [6.45, 7) is 0. The van der Waals surface area contributed by atoms with E-state index >= 15 is 0 Å². The number of aromatic hydroxyl groups is 1. The SMILES string of the molecule is N#Cc1ccc(-c2cnn(-c3ccc(C(=O)O)cn3)c2O)c(Cl)c1. The summed E-state index contributed by atoms with van der Waals surface area (Å²) >= 11 is 6.15. The summed E-state index contributed by atoms with van der Waals surface area (Å²) in [5.74, 6) is -1.03. The van der Waals surface area contributed by atoms with Crippen molar-refractivity contribution in [2.45, 2.75) is 0 Å². The Morgan fingerprint density at radius 2 is 2.00 bits per heavy atom. The van der Waals surface area contributed by atoms with E-state index in [1.807, 2.05) is 6.07 Å². The van der Waals surface area contributed by atoms with Crippen molar-refractivity contribution in [1.29, 1.82) is 5.26 Å². The predicted octanol–water partition coefficient (Wildman–Crippen LogP) is 2.86. The second kappa shape index (κ2) is 6.02. The quantitative estimate of drug-likeness (QED) is 0.758. The van der Waals surface area contributed by atoms with Gasteiger partial charge < -0.3 is 10.2 Å². The fraction of sp³-hybridized carbons (Fsp3) is 0. The lowest BCUT2D eigenvalue weighted by Gasteiger charge is -2.05. The Morgan fingerprint density at radius 1 is 1.21 bits per heavy atom. The third-order valence-corrected chi connectivity index (χ3v) is 3.66. The molecule has 118 valence electrons. The summed E-state index contributed by atoms with van der Waals surface area (Å²) in [4.78, 5) is 14.8.